The number of hydrogen-bond acceptors (Lipinski definition) is 5. The van der Waals surface area contributed by atoms with Crippen LogP contribution in [0.25, 0.3) is 0 Å². The molecule has 5 nitrogen and oxygen atoms in total. The van der Waals surface area contributed by atoms with Gasteiger partial charge in [0.15, 0.2) is 5.96 Å². The van der Waals surface area contributed by atoms with Gasteiger partial charge >= 0.3 is 0 Å². The number of nitrogens with zero attached hydrogens (tertiary/aromatic N) is 2. The van der Waals surface area contributed by atoms with Crippen LogP contribution in [0.5, 0.6) is 0 Å². The maximum atomic E-state index is 13.7. The van der Waals surface area contributed by atoms with Crippen LogP contribution in [0.3, 0.4) is 0 Å². The van der Waals surface area contributed by atoms with Gasteiger partial charge < -0.3 is 15.4 Å². The summed E-state index contributed by atoms with van der Waals surface area (Å²) < 4.78 is 19.1. The summed E-state index contributed by atoms with van der Waals surface area (Å²) >= 11 is 5.37. The maximum Gasteiger partial charge on any atom is 0.255 e. The predicted molar refractivity (Wildman–Crippen MR) is 75.4 cm³/mol. The molecule has 2 aliphatic heterocycles. The van der Waals surface area contributed by atoms with E-state index in [-0.39, 0.29) is 24.0 Å². The first kappa shape index (κ1) is 15.0. The van der Waals surface area contributed by atoms with Gasteiger partial charge in [0, 0.05) is 18.2 Å². The lowest BCUT2D eigenvalue weighted by atomic mass is 9.98. The molecule has 0 saturated carbocycles. The molecule has 3 rings (SSSR count). The highest BCUT2D eigenvalue weighted by Crippen LogP contribution is 2.37. The second-order valence-electron chi connectivity index (χ2n) is 4.42. The van der Waals surface area contributed by atoms with E-state index in [0.29, 0.717) is 37.0 Å². The fourth-order valence-electron chi connectivity index (χ4n) is 2.42. The number of carbonyl (C=O) groups is 1. The molecule has 0 aliphatic carbocycles. The Morgan fingerprint density at radius 2 is 2.30 bits per heavy atom. The first-order valence-corrected chi connectivity index (χ1v) is 6.17. The third kappa shape index (κ3) is 2.34. The molecule has 8 heteroatoms. The van der Waals surface area contributed by atoms with Crippen molar-refractivity contribution in [3.05, 3.63) is 29.1 Å². The van der Waals surface area contributed by atoms with Crippen molar-refractivity contribution in [3.8, 4) is 0 Å². The quantitative estimate of drug-likeness (QED) is 0.803. The third-order valence-corrected chi connectivity index (χ3v) is 3.55. The number of aliphatic imine (C=N–C) groups is 1. The Morgan fingerprint density at radius 1 is 1.55 bits per heavy atom. The second kappa shape index (κ2) is 5.55. The summed E-state index contributed by atoms with van der Waals surface area (Å²) in [5, 5.41) is -0.828. The van der Waals surface area contributed by atoms with Crippen molar-refractivity contribution in [3.63, 3.8) is 0 Å². The van der Waals surface area contributed by atoms with E-state index < -0.39 is 11.1 Å². The minimum Gasteiger partial charge on any atom is -0.377 e. The normalized spacial score (nSPS) is 20.4. The molecule has 2 heterocycles. The van der Waals surface area contributed by atoms with Crippen LogP contribution in [-0.2, 0) is 4.74 Å². The molecule has 1 atom stereocenters. The highest BCUT2D eigenvalue weighted by molar-refractivity contribution is 6.67. The summed E-state index contributed by atoms with van der Waals surface area (Å²) in [6.07, 6.45) is 0. The van der Waals surface area contributed by atoms with Crippen LogP contribution in [0.4, 0.5) is 10.1 Å². The van der Waals surface area contributed by atoms with Crippen LogP contribution in [0.1, 0.15) is 22.0 Å². The van der Waals surface area contributed by atoms with Crippen LogP contribution in [0, 0.1) is 5.82 Å². The molecule has 20 heavy (non-hydrogen) atoms. The first-order chi connectivity index (χ1) is 9.08. The molecule has 1 aromatic rings. The molecule has 2 N–H and O–H groups in total. The second-order valence-corrected chi connectivity index (χ2v) is 4.76. The fourth-order valence-corrected chi connectivity index (χ4v) is 2.56. The SMILES string of the molecule is Cl.NC1=Nc2cc(F)c(C(=O)Cl)cc2C2COCCN12. The van der Waals surface area contributed by atoms with E-state index in [4.69, 9.17) is 22.1 Å². The van der Waals surface area contributed by atoms with Crippen LogP contribution >= 0.6 is 24.0 Å². The average Bonchev–Trinajstić information content (AvgIpc) is 2.38. The molecule has 0 bridgehead atoms. The van der Waals surface area contributed by atoms with E-state index in [2.05, 4.69) is 4.99 Å². The molecular formula is C12H12Cl2FN3O2. The Kier molecular flexibility index (Phi) is 4.17. The zero-order valence-corrected chi connectivity index (χ0v) is 11.9. The average molecular weight is 320 g/mol. The van der Waals surface area contributed by atoms with Crippen LogP contribution in [0.15, 0.2) is 17.1 Å². The van der Waals surface area contributed by atoms with E-state index in [0.717, 1.165) is 0 Å². The largest absolute Gasteiger partial charge is 0.377 e. The van der Waals surface area contributed by atoms with E-state index in [1.807, 2.05) is 4.90 Å². The summed E-state index contributed by atoms with van der Waals surface area (Å²) in [6, 6.07) is 2.46. The van der Waals surface area contributed by atoms with Crippen molar-refractivity contribution in [2.75, 3.05) is 19.8 Å². The number of guanidine groups is 1. The number of halogens is 3. The molecule has 0 spiro atoms. The molecule has 2 aliphatic rings. The van der Waals surface area contributed by atoms with Gasteiger partial charge in [0.25, 0.3) is 5.24 Å². The highest BCUT2D eigenvalue weighted by Gasteiger charge is 2.32. The van der Waals surface area contributed by atoms with Gasteiger partial charge in [-0.3, -0.25) is 4.79 Å². The van der Waals surface area contributed by atoms with Gasteiger partial charge in [-0.25, -0.2) is 9.38 Å². The van der Waals surface area contributed by atoms with Crippen LogP contribution in [0.2, 0.25) is 0 Å². The Hall–Kier alpha value is -1.37. The molecule has 1 unspecified atom stereocenters. The zero-order valence-electron chi connectivity index (χ0n) is 10.3. The summed E-state index contributed by atoms with van der Waals surface area (Å²) in [7, 11) is 0. The zero-order chi connectivity index (χ0) is 13.6. The minimum absolute atomic E-state index is 0. The van der Waals surface area contributed by atoms with Gasteiger partial charge in [-0.05, 0) is 17.7 Å². The maximum absolute atomic E-state index is 13.7. The predicted octanol–water partition coefficient (Wildman–Crippen LogP) is 1.96. The smallest absolute Gasteiger partial charge is 0.255 e. The molecule has 1 fully saturated rings. The number of nitrogens with two attached hydrogens (primary N) is 1. The number of ether oxygens (including phenoxy) is 1. The molecular weight excluding hydrogens is 308 g/mol. The third-order valence-electron chi connectivity index (χ3n) is 3.34. The number of fused-ring (bicyclic) bond motifs is 3. The Labute approximate surface area is 126 Å². The molecule has 0 radical (unpaired) electrons. The molecule has 1 aromatic carbocycles. The van der Waals surface area contributed by atoms with Gasteiger partial charge in [-0.1, -0.05) is 0 Å². The lowest BCUT2D eigenvalue weighted by Gasteiger charge is -2.39. The van der Waals surface area contributed by atoms with Gasteiger partial charge in [0.2, 0.25) is 0 Å². The van der Waals surface area contributed by atoms with Gasteiger partial charge in [-0.15, -0.1) is 12.4 Å². The van der Waals surface area contributed by atoms with Gasteiger partial charge in [0.05, 0.1) is 30.5 Å². The van der Waals surface area contributed by atoms with Crippen molar-refractivity contribution in [1.82, 2.24) is 4.90 Å². The summed E-state index contributed by atoms with van der Waals surface area (Å²) in [6.45, 7) is 1.59. The lowest BCUT2D eigenvalue weighted by molar-refractivity contribution is 0.0241. The van der Waals surface area contributed by atoms with E-state index in [1.165, 1.54) is 12.1 Å². The Balaban J connectivity index is 0.00000147. The van der Waals surface area contributed by atoms with Gasteiger partial charge in [-0.2, -0.15) is 0 Å². The van der Waals surface area contributed by atoms with Crippen molar-refractivity contribution in [1.29, 1.82) is 0 Å². The highest BCUT2D eigenvalue weighted by atomic mass is 35.5. The number of hydrogen-bond donors (Lipinski definition) is 1. The van der Waals surface area contributed by atoms with Crippen molar-refractivity contribution < 1.29 is 13.9 Å². The summed E-state index contributed by atoms with van der Waals surface area (Å²) in [5.74, 6) is -0.356. The minimum atomic E-state index is -0.828. The number of benzene rings is 1. The number of morpholine rings is 1. The van der Waals surface area contributed by atoms with Crippen LogP contribution in [-0.4, -0.2) is 35.9 Å². The van der Waals surface area contributed by atoms with Crippen molar-refractivity contribution >= 4 is 40.9 Å². The number of carbonyl (C=O) groups excluding carboxylic acids is 1. The summed E-state index contributed by atoms with van der Waals surface area (Å²) in [5.41, 5.74) is 6.83. The van der Waals surface area contributed by atoms with Gasteiger partial charge in [0.1, 0.15) is 5.82 Å². The standard InChI is InChI=1S/C12H11ClFN3O2.ClH/c13-11(18)6-3-7-9(4-8(6)14)16-12(15)17-1-2-19-5-10(7)17;/h3-4,10H,1-2,5H2,(H2,15,16);1H. The lowest BCUT2D eigenvalue weighted by Crippen LogP contribution is -2.48. The topological polar surface area (TPSA) is 67.9 Å². The summed E-state index contributed by atoms with van der Waals surface area (Å²) in [4.78, 5) is 17.2. The molecule has 1 saturated heterocycles. The molecule has 0 aromatic heterocycles. The fraction of sp³-hybridized carbons (Fsp3) is 0.333. The Morgan fingerprint density at radius 3 is 3.00 bits per heavy atom. The van der Waals surface area contributed by atoms with E-state index >= 15 is 0 Å². The van der Waals surface area contributed by atoms with Crippen LogP contribution < -0.4 is 5.73 Å². The van der Waals surface area contributed by atoms with E-state index in [9.17, 15) is 9.18 Å². The van der Waals surface area contributed by atoms with E-state index in [1.54, 1.807) is 0 Å². The monoisotopic (exact) mass is 319 g/mol. The molecule has 0 amide bonds. The van der Waals surface area contributed by atoms with Crippen molar-refractivity contribution in [2.24, 2.45) is 10.7 Å². The van der Waals surface area contributed by atoms with Crippen molar-refractivity contribution in [2.45, 2.75) is 6.04 Å². The Bertz CT molecular complexity index is 594. The number of rotatable bonds is 1. The first-order valence-electron chi connectivity index (χ1n) is 5.79. The molecule has 108 valence electrons.